The smallest absolute Gasteiger partial charge is 0.223 e. The first-order valence-corrected chi connectivity index (χ1v) is 8.05. The Morgan fingerprint density at radius 1 is 1.36 bits per heavy atom. The zero-order valence-electron chi connectivity index (χ0n) is 13.9. The van der Waals surface area contributed by atoms with E-state index in [1.165, 1.54) is 0 Å². The highest BCUT2D eigenvalue weighted by molar-refractivity contribution is 5.85. The predicted octanol–water partition coefficient (Wildman–Crippen LogP) is 2.64. The Morgan fingerprint density at radius 2 is 2.05 bits per heavy atom. The number of aryl methyl sites for hydroxylation is 2. The Balaban J connectivity index is 0.00000242. The number of nitrogens with one attached hydrogen (secondary N) is 1. The lowest BCUT2D eigenvalue weighted by molar-refractivity contribution is -0.134. The van der Waals surface area contributed by atoms with Gasteiger partial charge >= 0.3 is 0 Å². The number of nitrogens with zero attached hydrogens (tertiary/aromatic N) is 2. The molecule has 1 aromatic rings. The van der Waals surface area contributed by atoms with Crippen LogP contribution in [0.1, 0.15) is 49.6 Å². The summed E-state index contributed by atoms with van der Waals surface area (Å²) in [6.07, 6.45) is 4.42. The molecule has 22 heavy (non-hydrogen) atoms. The first kappa shape index (κ1) is 19.0. The van der Waals surface area contributed by atoms with Gasteiger partial charge in [-0.2, -0.15) is 0 Å². The number of piperidine rings is 1. The molecule has 126 valence electrons. The maximum atomic E-state index is 12.6. The molecule has 1 saturated heterocycles. The molecule has 0 unspecified atom stereocenters. The first-order valence-electron chi connectivity index (χ1n) is 8.05. The number of carbonyl (C=O) groups excluding carboxylic acids is 1. The summed E-state index contributed by atoms with van der Waals surface area (Å²) >= 11 is 0. The molecule has 1 aliphatic heterocycles. The van der Waals surface area contributed by atoms with Gasteiger partial charge in [-0.3, -0.25) is 4.79 Å². The second kappa shape index (κ2) is 9.16. The SMILES string of the molecule is CCCN(C(=O)CCc1c(C)noc1C)C1CCNCC1.Cl. The largest absolute Gasteiger partial charge is 0.361 e. The van der Waals surface area contributed by atoms with Crippen LogP contribution in [0.5, 0.6) is 0 Å². The summed E-state index contributed by atoms with van der Waals surface area (Å²) in [6, 6.07) is 0.406. The highest BCUT2D eigenvalue weighted by atomic mass is 35.5. The van der Waals surface area contributed by atoms with E-state index in [-0.39, 0.29) is 18.3 Å². The van der Waals surface area contributed by atoms with Crippen LogP contribution in [0.2, 0.25) is 0 Å². The molecule has 1 fully saturated rings. The standard InChI is InChI=1S/C16H27N3O2.ClH/c1-4-11-19(14-7-9-17-10-8-14)16(20)6-5-15-12(2)18-21-13(15)3;/h14,17H,4-11H2,1-3H3;1H. The van der Waals surface area contributed by atoms with Crippen LogP contribution in [0.25, 0.3) is 0 Å². The molecule has 0 saturated carbocycles. The van der Waals surface area contributed by atoms with Gasteiger partial charge in [-0.1, -0.05) is 12.1 Å². The lowest BCUT2D eigenvalue weighted by atomic mass is 10.0. The molecule has 1 aliphatic rings. The minimum Gasteiger partial charge on any atom is -0.361 e. The van der Waals surface area contributed by atoms with Gasteiger partial charge in [0.05, 0.1) is 5.69 Å². The molecule has 1 amide bonds. The van der Waals surface area contributed by atoms with E-state index in [9.17, 15) is 4.79 Å². The van der Waals surface area contributed by atoms with E-state index in [0.29, 0.717) is 12.5 Å². The van der Waals surface area contributed by atoms with Crippen LogP contribution in [0.3, 0.4) is 0 Å². The van der Waals surface area contributed by atoms with Crippen molar-refractivity contribution in [1.29, 1.82) is 0 Å². The van der Waals surface area contributed by atoms with Crippen LogP contribution in [-0.4, -0.2) is 41.6 Å². The van der Waals surface area contributed by atoms with E-state index in [1.54, 1.807) is 0 Å². The van der Waals surface area contributed by atoms with E-state index in [1.807, 2.05) is 13.8 Å². The van der Waals surface area contributed by atoms with Crippen LogP contribution < -0.4 is 5.32 Å². The minimum atomic E-state index is 0. The number of aromatic nitrogens is 1. The monoisotopic (exact) mass is 329 g/mol. The summed E-state index contributed by atoms with van der Waals surface area (Å²) in [5, 5.41) is 7.32. The number of rotatable bonds is 6. The average molecular weight is 330 g/mol. The van der Waals surface area contributed by atoms with Gasteiger partial charge in [-0.25, -0.2) is 0 Å². The van der Waals surface area contributed by atoms with Crippen LogP contribution >= 0.6 is 12.4 Å². The zero-order chi connectivity index (χ0) is 15.2. The van der Waals surface area contributed by atoms with Gasteiger partial charge < -0.3 is 14.7 Å². The van der Waals surface area contributed by atoms with Crippen LogP contribution in [0, 0.1) is 13.8 Å². The van der Waals surface area contributed by atoms with Crippen molar-refractivity contribution in [2.24, 2.45) is 0 Å². The van der Waals surface area contributed by atoms with Gasteiger partial charge in [0.15, 0.2) is 0 Å². The normalized spacial score (nSPS) is 15.4. The summed E-state index contributed by atoms with van der Waals surface area (Å²) < 4.78 is 5.17. The quantitative estimate of drug-likeness (QED) is 0.871. The minimum absolute atomic E-state index is 0. The fourth-order valence-corrected chi connectivity index (χ4v) is 3.10. The third kappa shape index (κ3) is 4.71. The molecule has 0 bridgehead atoms. The molecular formula is C16H28ClN3O2. The lowest BCUT2D eigenvalue weighted by Crippen LogP contribution is -2.46. The third-order valence-corrected chi connectivity index (χ3v) is 4.30. The number of hydrogen-bond acceptors (Lipinski definition) is 4. The van der Waals surface area contributed by atoms with Crippen molar-refractivity contribution in [3.8, 4) is 0 Å². The van der Waals surface area contributed by atoms with E-state index in [2.05, 4.69) is 22.3 Å². The maximum Gasteiger partial charge on any atom is 0.223 e. The van der Waals surface area contributed by atoms with Crippen molar-refractivity contribution in [2.75, 3.05) is 19.6 Å². The number of amides is 1. The van der Waals surface area contributed by atoms with E-state index in [0.717, 1.165) is 62.3 Å². The average Bonchev–Trinajstić information content (AvgIpc) is 2.82. The second-order valence-electron chi connectivity index (χ2n) is 5.87. The highest BCUT2D eigenvalue weighted by Crippen LogP contribution is 2.18. The molecule has 6 heteroatoms. The van der Waals surface area contributed by atoms with Crippen LogP contribution in [0.15, 0.2) is 4.52 Å². The molecule has 0 radical (unpaired) electrons. The van der Waals surface area contributed by atoms with E-state index < -0.39 is 0 Å². The summed E-state index contributed by atoms with van der Waals surface area (Å²) in [5.74, 6) is 1.10. The van der Waals surface area contributed by atoms with Crippen molar-refractivity contribution in [1.82, 2.24) is 15.4 Å². The molecular weight excluding hydrogens is 302 g/mol. The first-order chi connectivity index (χ1) is 10.1. The van der Waals surface area contributed by atoms with Crippen molar-refractivity contribution in [2.45, 2.75) is 58.9 Å². The van der Waals surface area contributed by atoms with Crippen LogP contribution in [-0.2, 0) is 11.2 Å². The molecule has 2 rings (SSSR count). The zero-order valence-corrected chi connectivity index (χ0v) is 14.7. The van der Waals surface area contributed by atoms with Gasteiger partial charge in [-0.15, -0.1) is 12.4 Å². The molecule has 0 atom stereocenters. The summed E-state index contributed by atoms with van der Waals surface area (Å²) in [7, 11) is 0. The maximum absolute atomic E-state index is 12.6. The topological polar surface area (TPSA) is 58.4 Å². The Bertz CT molecular complexity index is 450. The summed E-state index contributed by atoms with van der Waals surface area (Å²) in [5.41, 5.74) is 1.99. The lowest BCUT2D eigenvalue weighted by Gasteiger charge is -2.34. The predicted molar refractivity (Wildman–Crippen MR) is 89.4 cm³/mol. The van der Waals surface area contributed by atoms with Gasteiger partial charge in [0.1, 0.15) is 5.76 Å². The van der Waals surface area contributed by atoms with Crippen LogP contribution in [0.4, 0.5) is 0 Å². The molecule has 1 aromatic heterocycles. The number of hydrogen-bond donors (Lipinski definition) is 1. The third-order valence-electron chi connectivity index (χ3n) is 4.30. The molecule has 0 spiro atoms. The van der Waals surface area contributed by atoms with E-state index in [4.69, 9.17) is 4.52 Å². The number of carbonyl (C=O) groups is 1. The molecule has 0 aromatic carbocycles. The van der Waals surface area contributed by atoms with Gasteiger partial charge in [-0.05, 0) is 52.6 Å². The van der Waals surface area contributed by atoms with Crippen molar-refractivity contribution in [3.63, 3.8) is 0 Å². The number of halogens is 1. The summed E-state index contributed by atoms with van der Waals surface area (Å²) in [4.78, 5) is 14.7. The fraction of sp³-hybridized carbons (Fsp3) is 0.750. The summed E-state index contributed by atoms with van der Waals surface area (Å²) in [6.45, 7) is 8.88. The molecule has 5 nitrogen and oxygen atoms in total. The highest BCUT2D eigenvalue weighted by Gasteiger charge is 2.24. The molecule has 0 aliphatic carbocycles. The Kier molecular flexibility index (Phi) is 7.90. The Labute approximate surface area is 139 Å². The fourth-order valence-electron chi connectivity index (χ4n) is 3.10. The van der Waals surface area contributed by atoms with Crippen molar-refractivity contribution in [3.05, 3.63) is 17.0 Å². The van der Waals surface area contributed by atoms with Crippen molar-refractivity contribution < 1.29 is 9.32 Å². The van der Waals surface area contributed by atoms with Crippen molar-refractivity contribution >= 4 is 18.3 Å². The Hall–Kier alpha value is -1.07. The van der Waals surface area contributed by atoms with Gasteiger partial charge in [0, 0.05) is 24.6 Å². The van der Waals surface area contributed by atoms with E-state index >= 15 is 0 Å². The molecule has 2 heterocycles. The Morgan fingerprint density at radius 3 is 2.59 bits per heavy atom. The van der Waals surface area contributed by atoms with Gasteiger partial charge in [0.2, 0.25) is 5.91 Å². The van der Waals surface area contributed by atoms with Gasteiger partial charge in [0.25, 0.3) is 0 Å². The molecule has 1 N–H and O–H groups in total. The second-order valence-corrected chi connectivity index (χ2v) is 5.87.